The van der Waals surface area contributed by atoms with Crippen molar-refractivity contribution >= 4 is 5.91 Å². The zero-order valence-electron chi connectivity index (χ0n) is 11.0. The summed E-state index contributed by atoms with van der Waals surface area (Å²) in [4.78, 5) is 13.9. The first-order chi connectivity index (χ1) is 8.46. The fourth-order valence-corrected chi connectivity index (χ4v) is 2.59. The summed E-state index contributed by atoms with van der Waals surface area (Å²) in [6, 6.07) is 1.70. The van der Waals surface area contributed by atoms with Crippen molar-refractivity contribution in [2.75, 3.05) is 13.1 Å². The van der Waals surface area contributed by atoms with Gasteiger partial charge in [0.15, 0.2) is 0 Å². The van der Waals surface area contributed by atoms with Crippen molar-refractivity contribution in [2.45, 2.75) is 38.7 Å². The molecule has 2 rings (SSSR count). The summed E-state index contributed by atoms with van der Waals surface area (Å²) < 4.78 is 0. The lowest BCUT2D eigenvalue weighted by molar-refractivity contribution is 0.0357. The number of aromatic nitrogens is 2. The average Bonchev–Trinajstić information content (AvgIpc) is 2.80. The minimum atomic E-state index is -0.611. The van der Waals surface area contributed by atoms with Gasteiger partial charge in [-0.3, -0.25) is 9.89 Å². The summed E-state index contributed by atoms with van der Waals surface area (Å²) in [5.74, 6) is 0.532. The van der Waals surface area contributed by atoms with E-state index in [-0.39, 0.29) is 5.91 Å². The molecule has 18 heavy (non-hydrogen) atoms. The summed E-state index contributed by atoms with van der Waals surface area (Å²) in [5, 5.41) is 16.3. The van der Waals surface area contributed by atoms with Gasteiger partial charge in [0.05, 0.1) is 5.60 Å². The van der Waals surface area contributed by atoms with E-state index < -0.39 is 5.60 Å². The molecule has 1 fully saturated rings. The number of nitrogens with one attached hydrogen (secondary N) is 1. The largest absolute Gasteiger partial charge is 0.390 e. The van der Waals surface area contributed by atoms with E-state index in [9.17, 15) is 9.90 Å². The predicted octanol–water partition coefficient (Wildman–Crippen LogP) is 1.42. The summed E-state index contributed by atoms with van der Waals surface area (Å²) in [6.07, 6.45) is 4.32. The highest BCUT2D eigenvalue weighted by Gasteiger charge is 2.27. The second-order valence-electron chi connectivity index (χ2n) is 5.72. The van der Waals surface area contributed by atoms with Crippen molar-refractivity contribution in [3.63, 3.8) is 0 Å². The van der Waals surface area contributed by atoms with Gasteiger partial charge in [-0.2, -0.15) is 5.10 Å². The van der Waals surface area contributed by atoms with Crippen molar-refractivity contribution in [1.29, 1.82) is 0 Å². The van der Waals surface area contributed by atoms with Crippen molar-refractivity contribution in [3.8, 4) is 0 Å². The van der Waals surface area contributed by atoms with E-state index in [2.05, 4.69) is 10.2 Å². The Bertz CT molecular complexity index is 387. The SMILES string of the molecule is CC(C)(O)CC1CCN(C(=O)c2ccn[nH]2)CC1. The molecule has 1 saturated heterocycles. The molecule has 1 amide bonds. The average molecular weight is 251 g/mol. The number of aliphatic hydroxyl groups is 1. The fraction of sp³-hybridized carbons (Fsp3) is 0.692. The third-order valence-electron chi connectivity index (χ3n) is 3.42. The number of nitrogens with zero attached hydrogens (tertiary/aromatic N) is 2. The van der Waals surface area contributed by atoms with Crippen LogP contribution >= 0.6 is 0 Å². The third-order valence-corrected chi connectivity index (χ3v) is 3.42. The summed E-state index contributed by atoms with van der Waals surface area (Å²) >= 11 is 0. The first-order valence-electron chi connectivity index (χ1n) is 6.47. The number of rotatable bonds is 3. The summed E-state index contributed by atoms with van der Waals surface area (Å²) in [7, 11) is 0. The second-order valence-corrected chi connectivity index (χ2v) is 5.72. The third kappa shape index (κ3) is 3.32. The fourth-order valence-electron chi connectivity index (χ4n) is 2.59. The lowest BCUT2D eigenvalue weighted by Crippen LogP contribution is -2.40. The van der Waals surface area contributed by atoms with Gasteiger partial charge in [-0.15, -0.1) is 0 Å². The molecule has 0 unspecified atom stereocenters. The van der Waals surface area contributed by atoms with Gasteiger partial charge < -0.3 is 10.0 Å². The molecule has 1 aromatic rings. The highest BCUT2D eigenvalue weighted by molar-refractivity contribution is 5.92. The maximum atomic E-state index is 12.1. The lowest BCUT2D eigenvalue weighted by atomic mass is 9.86. The zero-order valence-corrected chi connectivity index (χ0v) is 11.0. The van der Waals surface area contributed by atoms with E-state index in [1.165, 1.54) is 0 Å². The number of H-pyrrole nitrogens is 1. The van der Waals surface area contributed by atoms with Crippen LogP contribution < -0.4 is 0 Å². The second kappa shape index (κ2) is 5.10. The van der Waals surface area contributed by atoms with E-state index in [4.69, 9.17) is 0 Å². The molecule has 0 aliphatic carbocycles. The van der Waals surface area contributed by atoms with Crippen molar-refractivity contribution in [3.05, 3.63) is 18.0 Å². The van der Waals surface area contributed by atoms with Crippen molar-refractivity contribution < 1.29 is 9.90 Å². The topological polar surface area (TPSA) is 69.2 Å². The highest BCUT2D eigenvalue weighted by atomic mass is 16.3. The molecule has 0 bridgehead atoms. The Morgan fingerprint density at radius 1 is 1.56 bits per heavy atom. The summed E-state index contributed by atoms with van der Waals surface area (Å²) in [6.45, 7) is 5.21. The monoisotopic (exact) mass is 251 g/mol. The molecule has 1 aliphatic heterocycles. The minimum absolute atomic E-state index is 0.0224. The van der Waals surface area contributed by atoms with E-state index in [1.54, 1.807) is 12.3 Å². The van der Waals surface area contributed by atoms with Gasteiger partial charge in [-0.25, -0.2) is 0 Å². The van der Waals surface area contributed by atoms with Gasteiger partial charge in [0, 0.05) is 19.3 Å². The Morgan fingerprint density at radius 2 is 2.22 bits per heavy atom. The number of carbonyl (C=O) groups excluding carboxylic acids is 1. The number of aromatic amines is 1. The van der Waals surface area contributed by atoms with Gasteiger partial charge in [-0.05, 0) is 45.1 Å². The smallest absolute Gasteiger partial charge is 0.271 e. The molecule has 0 aromatic carbocycles. The van der Waals surface area contributed by atoms with Crippen molar-refractivity contribution in [2.24, 2.45) is 5.92 Å². The molecular weight excluding hydrogens is 230 g/mol. The Morgan fingerprint density at radius 3 is 2.72 bits per heavy atom. The Kier molecular flexibility index (Phi) is 3.71. The van der Waals surface area contributed by atoms with Gasteiger partial charge in [0.1, 0.15) is 5.69 Å². The van der Waals surface area contributed by atoms with Crippen LogP contribution in [-0.2, 0) is 0 Å². The molecule has 100 valence electrons. The van der Waals surface area contributed by atoms with E-state index in [0.29, 0.717) is 11.6 Å². The predicted molar refractivity (Wildman–Crippen MR) is 68.1 cm³/mol. The molecule has 1 aliphatic rings. The molecule has 2 N–H and O–H groups in total. The van der Waals surface area contributed by atoms with Crippen LogP contribution in [0.5, 0.6) is 0 Å². The standard InChI is InChI=1S/C13H21N3O2/c1-13(2,18)9-10-4-7-16(8-5-10)12(17)11-3-6-14-15-11/h3,6,10,18H,4-5,7-9H2,1-2H3,(H,14,15). The molecule has 5 heteroatoms. The maximum Gasteiger partial charge on any atom is 0.271 e. The van der Waals surface area contributed by atoms with E-state index >= 15 is 0 Å². The lowest BCUT2D eigenvalue weighted by Gasteiger charge is -2.34. The molecular formula is C13H21N3O2. The van der Waals surface area contributed by atoms with Crippen LogP contribution in [0, 0.1) is 5.92 Å². The van der Waals surface area contributed by atoms with Crippen LogP contribution in [0.1, 0.15) is 43.6 Å². The zero-order chi connectivity index (χ0) is 13.2. The molecule has 0 atom stereocenters. The Labute approximate surface area is 107 Å². The van der Waals surface area contributed by atoms with Gasteiger partial charge in [-0.1, -0.05) is 0 Å². The van der Waals surface area contributed by atoms with Crippen LogP contribution in [0.25, 0.3) is 0 Å². The number of piperidine rings is 1. The van der Waals surface area contributed by atoms with Crippen molar-refractivity contribution in [1.82, 2.24) is 15.1 Å². The molecule has 1 aromatic heterocycles. The normalized spacial score (nSPS) is 18.1. The molecule has 0 radical (unpaired) electrons. The molecule has 0 saturated carbocycles. The minimum Gasteiger partial charge on any atom is -0.390 e. The van der Waals surface area contributed by atoms with E-state index in [1.807, 2.05) is 18.7 Å². The number of likely N-dealkylation sites (tertiary alicyclic amines) is 1. The number of hydrogen-bond acceptors (Lipinski definition) is 3. The molecule has 0 spiro atoms. The first-order valence-corrected chi connectivity index (χ1v) is 6.47. The molecule has 2 heterocycles. The van der Waals surface area contributed by atoms with Crippen LogP contribution in [-0.4, -0.2) is 44.8 Å². The number of amides is 1. The van der Waals surface area contributed by atoms with Crippen LogP contribution in [0.2, 0.25) is 0 Å². The molecule has 5 nitrogen and oxygen atoms in total. The van der Waals surface area contributed by atoms with Crippen LogP contribution in [0.4, 0.5) is 0 Å². The highest BCUT2D eigenvalue weighted by Crippen LogP contribution is 2.26. The van der Waals surface area contributed by atoms with Crippen LogP contribution in [0.15, 0.2) is 12.3 Å². The van der Waals surface area contributed by atoms with Crippen LogP contribution in [0.3, 0.4) is 0 Å². The number of hydrogen-bond donors (Lipinski definition) is 2. The number of carbonyl (C=O) groups is 1. The maximum absolute atomic E-state index is 12.1. The first kappa shape index (κ1) is 13.1. The Hall–Kier alpha value is -1.36. The van der Waals surface area contributed by atoms with Gasteiger partial charge in [0.25, 0.3) is 5.91 Å². The Balaban J connectivity index is 1.85. The van der Waals surface area contributed by atoms with Gasteiger partial charge >= 0.3 is 0 Å². The van der Waals surface area contributed by atoms with E-state index in [0.717, 1.165) is 32.4 Å². The quantitative estimate of drug-likeness (QED) is 0.853. The van der Waals surface area contributed by atoms with Gasteiger partial charge in [0.2, 0.25) is 0 Å². The summed E-state index contributed by atoms with van der Waals surface area (Å²) in [5.41, 5.74) is -0.0591.